The fourth-order valence-corrected chi connectivity index (χ4v) is 4.81. The van der Waals surface area contributed by atoms with Crippen molar-refractivity contribution in [3.8, 4) is 0 Å². The van der Waals surface area contributed by atoms with Crippen LogP contribution in [0.4, 0.5) is 5.82 Å². The summed E-state index contributed by atoms with van der Waals surface area (Å²) >= 11 is 0. The molecule has 5 heterocycles. The minimum absolute atomic E-state index is 0.400. The van der Waals surface area contributed by atoms with Gasteiger partial charge >= 0.3 is 0 Å². The first-order chi connectivity index (χ1) is 14.2. The Hall–Kier alpha value is -2.34. The van der Waals surface area contributed by atoms with Gasteiger partial charge in [-0.25, -0.2) is 9.97 Å². The molecule has 3 aromatic heterocycles. The third kappa shape index (κ3) is 3.66. The average Bonchev–Trinajstić information content (AvgIpc) is 3.49. The number of imidazole rings is 1. The molecular weight excluding hydrogens is 362 g/mol. The Morgan fingerprint density at radius 3 is 2.62 bits per heavy atom. The van der Waals surface area contributed by atoms with Gasteiger partial charge in [-0.2, -0.15) is 0 Å². The number of rotatable bonds is 5. The number of piperidine rings is 1. The van der Waals surface area contributed by atoms with Crippen LogP contribution < -0.4 is 4.90 Å². The number of aromatic nitrogens is 3. The van der Waals surface area contributed by atoms with Gasteiger partial charge in [0.15, 0.2) is 5.82 Å². The van der Waals surface area contributed by atoms with Gasteiger partial charge in [-0.05, 0) is 70.8 Å². The van der Waals surface area contributed by atoms with Gasteiger partial charge in [0, 0.05) is 30.7 Å². The molecule has 0 aliphatic carbocycles. The van der Waals surface area contributed by atoms with Crippen LogP contribution in [0, 0.1) is 0 Å². The summed E-state index contributed by atoms with van der Waals surface area (Å²) in [5.74, 6) is 2.68. The van der Waals surface area contributed by atoms with Gasteiger partial charge < -0.3 is 13.9 Å². The lowest BCUT2D eigenvalue weighted by molar-refractivity contribution is 0.190. The van der Waals surface area contributed by atoms with Gasteiger partial charge in [0.1, 0.15) is 11.3 Å². The first kappa shape index (κ1) is 18.7. The molecule has 154 valence electrons. The van der Waals surface area contributed by atoms with Gasteiger partial charge in [-0.15, -0.1) is 0 Å². The predicted molar refractivity (Wildman–Crippen MR) is 115 cm³/mol. The number of hydrogen-bond acceptors (Lipinski definition) is 5. The van der Waals surface area contributed by atoms with Crippen molar-refractivity contribution in [2.24, 2.45) is 0 Å². The smallest absolute Gasteiger partial charge is 0.157 e. The van der Waals surface area contributed by atoms with E-state index in [9.17, 15) is 0 Å². The van der Waals surface area contributed by atoms with E-state index < -0.39 is 0 Å². The monoisotopic (exact) mass is 393 g/mol. The Balaban J connectivity index is 1.41. The van der Waals surface area contributed by atoms with Crippen LogP contribution in [0.3, 0.4) is 0 Å². The molecule has 29 heavy (non-hydrogen) atoms. The Morgan fingerprint density at radius 2 is 1.93 bits per heavy atom. The Morgan fingerprint density at radius 1 is 1.14 bits per heavy atom. The van der Waals surface area contributed by atoms with Crippen molar-refractivity contribution in [3.63, 3.8) is 0 Å². The van der Waals surface area contributed by atoms with E-state index in [1.54, 1.807) is 6.26 Å². The summed E-state index contributed by atoms with van der Waals surface area (Å²) in [5, 5.41) is 0. The van der Waals surface area contributed by atoms with Crippen LogP contribution >= 0.6 is 0 Å². The third-order valence-corrected chi connectivity index (χ3v) is 6.49. The van der Waals surface area contributed by atoms with E-state index in [0.717, 1.165) is 62.7 Å². The molecule has 6 heteroatoms. The SMILES string of the molecule is CC(C)n1cnc2c(N3CCCC3)nc(C3CCN(Cc4ccco4)CC3)cc21. The Labute approximate surface area is 172 Å². The molecule has 6 nitrogen and oxygen atoms in total. The van der Waals surface area contributed by atoms with Crippen molar-refractivity contribution >= 4 is 16.9 Å². The van der Waals surface area contributed by atoms with Crippen LogP contribution in [0.5, 0.6) is 0 Å². The maximum atomic E-state index is 5.53. The predicted octanol–water partition coefficient (Wildman–Crippen LogP) is 4.59. The summed E-state index contributed by atoms with van der Waals surface area (Å²) < 4.78 is 7.82. The summed E-state index contributed by atoms with van der Waals surface area (Å²) in [5.41, 5.74) is 3.56. The number of anilines is 1. The zero-order valence-corrected chi connectivity index (χ0v) is 17.5. The van der Waals surface area contributed by atoms with E-state index in [1.807, 2.05) is 12.4 Å². The van der Waals surface area contributed by atoms with Crippen molar-refractivity contribution in [1.82, 2.24) is 19.4 Å². The zero-order chi connectivity index (χ0) is 19.8. The number of hydrogen-bond donors (Lipinski definition) is 0. The van der Waals surface area contributed by atoms with Crippen molar-refractivity contribution in [2.45, 2.75) is 58.0 Å². The quantitative estimate of drug-likeness (QED) is 0.635. The second-order valence-corrected chi connectivity index (χ2v) is 8.81. The van der Waals surface area contributed by atoms with Crippen molar-refractivity contribution in [1.29, 1.82) is 0 Å². The third-order valence-electron chi connectivity index (χ3n) is 6.49. The summed E-state index contributed by atoms with van der Waals surface area (Å²) in [6.07, 6.45) is 8.56. The molecule has 2 aliphatic heterocycles. The minimum atomic E-state index is 0.400. The number of likely N-dealkylation sites (tertiary alicyclic amines) is 1. The van der Waals surface area contributed by atoms with Gasteiger partial charge in [0.2, 0.25) is 0 Å². The fraction of sp³-hybridized carbons (Fsp3) is 0.565. The molecule has 0 unspecified atom stereocenters. The number of fused-ring (bicyclic) bond motifs is 1. The highest BCUT2D eigenvalue weighted by Gasteiger charge is 2.26. The number of pyridine rings is 1. The lowest BCUT2D eigenvalue weighted by Crippen LogP contribution is -2.32. The van der Waals surface area contributed by atoms with E-state index in [0.29, 0.717) is 12.0 Å². The highest BCUT2D eigenvalue weighted by molar-refractivity contribution is 5.87. The van der Waals surface area contributed by atoms with Crippen molar-refractivity contribution in [2.75, 3.05) is 31.1 Å². The molecule has 2 aliphatic rings. The molecule has 0 bridgehead atoms. The summed E-state index contributed by atoms with van der Waals surface area (Å²) in [7, 11) is 0. The molecule has 0 N–H and O–H groups in total. The maximum absolute atomic E-state index is 5.53. The highest BCUT2D eigenvalue weighted by Crippen LogP contribution is 2.34. The van der Waals surface area contributed by atoms with Crippen molar-refractivity contribution < 1.29 is 4.42 Å². The Kier molecular flexibility index (Phi) is 5.04. The maximum Gasteiger partial charge on any atom is 0.157 e. The molecule has 2 saturated heterocycles. The molecule has 0 radical (unpaired) electrons. The van der Waals surface area contributed by atoms with E-state index in [-0.39, 0.29) is 0 Å². The molecule has 5 rings (SSSR count). The molecule has 0 amide bonds. The molecule has 0 spiro atoms. The second-order valence-electron chi connectivity index (χ2n) is 8.81. The topological polar surface area (TPSA) is 50.3 Å². The summed E-state index contributed by atoms with van der Waals surface area (Å²) in [6.45, 7) is 9.74. The van der Waals surface area contributed by atoms with Crippen molar-refractivity contribution in [3.05, 3.63) is 42.2 Å². The van der Waals surface area contributed by atoms with E-state index >= 15 is 0 Å². The second kappa shape index (κ2) is 7.82. The molecule has 0 saturated carbocycles. The molecule has 0 aromatic carbocycles. The van der Waals surface area contributed by atoms with E-state index in [2.05, 4.69) is 40.3 Å². The van der Waals surface area contributed by atoms with E-state index in [4.69, 9.17) is 14.4 Å². The normalized spacial score (nSPS) is 19.1. The van der Waals surface area contributed by atoms with Crippen LogP contribution in [0.2, 0.25) is 0 Å². The van der Waals surface area contributed by atoms with Crippen LogP contribution in [-0.4, -0.2) is 45.6 Å². The Bertz CT molecular complexity index is 947. The minimum Gasteiger partial charge on any atom is -0.468 e. The number of nitrogens with zero attached hydrogens (tertiary/aromatic N) is 5. The standard InChI is InChI=1S/C23H31N5O/c1-17(2)28-16-24-22-21(28)14-20(25-23(22)27-9-3-4-10-27)18-7-11-26(12-8-18)15-19-6-5-13-29-19/h5-6,13-14,16-18H,3-4,7-12,15H2,1-2H3. The van der Waals surface area contributed by atoms with Gasteiger partial charge in [0.25, 0.3) is 0 Å². The average molecular weight is 394 g/mol. The molecule has 3 aromatic rings. The number of furan rings is 1. The first-order valence-electron chi connectivity index (χ1n) is 11.1. The molecule has 2 fully saturated rings. The first-order valence-corrected chi connectivity index (χ1v) is 11.1. The highest BCUT2D eigenvalue weighted by atomic mass is 16.3. The molecular formula is C23H31N5O. The lowest BCUT2D eigenvalue weighted by atomic mass is 9.92. The van der Waals surface area contributed by atoms with E-state index in [1.165, 1.54) is 24.1 Å². The molecule has 0 atom stereocenters. The van der Waals surface area contributed by atoms with Crippen LogP contribution in [-0.2, 0) is 6.54 Å². The van der Waals surface area contributed by atoms with Gasteiger partial charge in [-0.1, -0.05) is 0 Å². The van der Waals surface area contributed by atoms with Gasteiger partial charge in [-0.3, -0.25) is 4.90 Å². The largest absolute Gasteiger partial charge is 0.468 e. The van der Waals surface area contributed by atoms with Crippen LogP contribution in [0.15, 0.2) is 35.2 Å². The van der Waals surface area contributed by atoms with Gasteiger partial charge in [0.05, 0.1) is 24.7 Å². The fourth-order valence-electron chi connectivity index (χ4n) is 4.81. The summed E-state index contributed by atoms with van der Waals surface area (Å²) in [6, 6.07) is 6.75. The lowest BCUT2D eigenvalue weighted by Gasteiger charge is -2.31. The summed E-state index contributed by atoms with van der Waals surface area (Å²) in [4.78, 5) is 14.9. The van der Waals surface area contributed by atoms with Crippen LogP contribution in [0.1, 0.15) is 62.9 Å². The van der Waals surface area contributed by atoms with Crippen LogP contribution in [0.25, 0.3) is 11.0 Å². The zero-order valence-electron chi connectivity index (χ0n) is 17.5.